The molecule has 4 nitrogen and oxygen atoms in total. The molecule has 1 saturated heterocycles. The number of unbranched alkanes of at least 4 members (excludes halogenated alkanes) is 3. The largest absolute Gasteiger partial charge is 0.330 e. The Labute approximate surface area is 83.5 Å². The summed E-state index contributed by atoms with van der Waals surface area (Å²) in [5.74, 6) is -0.419. The van der Waals surface area contributed by atoms with Gasteiger partial charge in [0.1, 0.15) is 0 Å². The van der Waals surface area contributed by atoms with Crippen LogP contribution in [0.15, 0.2) is 11.6 Å². The number of carbonyl (C=O) groups is 2. The summed E-state index contributed by atoms with van der Waals surface area (Å²) in [5, 5.41) is 2.25. The van der Waals surface area contributed by atoms with Crippen LogP contribution in [0.1, 0.15) is 32.1 Å². The van der Waals surface area contributed by atoms with Crippen molar-refractivity contribution in [3.05, 3.63) is 11.6 Å². The molecule has 3 N–H and O–H groups in total. The standard InChI is InChI=1S/C10H16N2O2/c11-6-4-2-1-3-5-8-7-9(13)12-10(8)14/h5H,1-4,6-7,11H2,(H,12,13,14). The molecule has 14 heavy (non-hydrogen) atoms. The fraction of sp³-hybridized carbons (Fsp3) is 0.600. The molecule has 0 radical (unpaired) electrons. The quantitative estimate of drug-likeness (QED) is 0.381. The van der Waals surface area contributed by atoms with Gasteiger partial charge in [-0.3, -0.25) is 14.9 Å². The van der Waals surface area contributed by atoms with Gasteiger partial charge in [-0.2, -0.15) is 0 Å². The van der Waals surface area contributed by atoms with E-state index in [9.17, 15) is 9.59 Å². The summed E-state index contributed by atoms with van der Waals surface area (Å²) in [5.41, 5.74) is 5.96. The van der Waals surface area contributed by atoms with Crippen molar-refractivity contribution in [1.82, 2.24) is 5.32 Å². The summed E-state index contributed by atoms with van der Waals surface area (Å²) in [6.07, 6.45) is 6.09. The monoisotopic (exact) mass is 196 g/mol. The van der Waals surface area contributed by atoms with Crippen molar-refractivity contribution in [1.29, 1.82) is 0 Å². The highest BCUT2D eigenvalue weighted by Crippen LogP contribution is 2.11. The van der Waals surface area contributed by atoms with Crippen LogP contribution >= 0.6 is 0 Å². The van der Waals surface area contributed by atoms with Gasteiger partial charge in [0.25, 0.3) is 5.91 Å². The fourth-order valence-corrected chi connectivity index (χ4v) is 1.41. The zero-order chi connectivity index (χ0) is 10.4. The number of carbonyl (C=O) groups excluding carboxylic acids is 2. The van der Waals surface area contributed by atoms with E-state index in [2.05, 4.69) is 5.32 Å². The molecule has 0 bridgehead atoms. The Balaban J connectivity index is 2.24. The minimum absolute atomic E-state index is 0.191. The molecule has 1 aliphatic heterocycles. The fourth-order valence-electron chi connectivity index (χ4n) is 1.41. The molecule has 0 unspecified atom stereocenters. The van der Waals surface area contributed by atoms with Gasteiger partial charge < -0.3 is 5.73 Å². The van der Waals surface area contributed by atoms with E-state index in [4.69, 9.17) is 5.73 Å². The lowest BCUT2D eigenvalue weighted by molar-refractivity contribution is -0.124. The molecule has 78 valence electrons. The lowest BCUT2D eigenvalue weighted by Crippen LogP contribution is -2.19. The van der Waals surface area contributed by atoms with Crippen LogP contribution in [0.4, 0.5) is 0 Å². The molecular formula is C10H16N2O2. The van der Waals surface area contributed by atoms with Gasteiger partial charge in [-0.1, -0.05) is 12.5 Å². The van der Waals surface area contributed by atoms with Gasteiger partial charge in [-0.15, -0.1) is 0 Å². The van der Waals surface area contributed by atoms with E-state index >= 15 is 0 Å². The van der Waals surface area contributed by atoms with E-state index < -0.39 is 0 Å². The second-order valence-electron chi connectivity index (χ2n) is 3.42. The van der Waals surface area contributed by atoms with Crippen LogP contribution in [0.25, 0.3) is 0 Å². The first-order valence-corrected chi connectivity index (χ1v) is 4.97. The van der Waals surface area contributed by atoms with E-state index in [0.29, 0.717) is 5.57 Å². The number of imide groups is 1. The number of nitrogens with two attached hydrogens (primary N) is 1. The van der Waals surface area contributed by atoms with Crippen molar-refractivity contribution >= 4 is 11.8 Å². The van der Waals surface area contributed by atoms with E-state index in [1.54, 1.807) is 0 Å². The van der Waals surface area contributed by atoms with E-state index in [-0.39, 0.29) is 18.2 Å². The first-order valence-electron chi connectivity index (χ1n) is 4.97. The van der Waals surface area contributed by atoms with Crippen LogP contribution in [0.3, 0.4) is 0 Å². The Morgan fingerprint density at radius 2 is 2.07 bits per heavy atom. The predicted octanol–water partition coefficient (Wildman–Crippen LogP) is 0.478. The number of hydrogen-bond donors (Lipinski definition) is 2. The van der Waals surface area contributed by atoms with Crippen molar-refractivity contribution in [3.8, 4) is 0 Å². The Morgan fingerprint density at radius 3 is 2.64 bits per heavy atom. The SMILES string of the molecule is NCCCCCC=C1CC(=O)NC1=O. The molecule has 1 heterocycles. The molecular weight excluding hydrogens is 180 g/mol. The van der Waals surface area contributed by atoms with Crippen molar-refractivity contribution in [2.75, 3.05) is 6.54 Å². The number of amides is 2. The summed E-state index contributed by atoms with van der Waals surface area (Å²) < 4.78 is 0. The van der Waals surface area contributed by atoms with Crippen molar-refractivity contribution in [2.24, 2.45) is 5.73 Å². The van der Waals surface area contributed by atoms with E-state index in [0.717, 1.165) is 32.2 Å². The number of nitrogens with one attached hydrogen (secondary N) is 1. The average Bonchev–Trinajstić information content (AvgIpc) is 2.45. The van der Waals surface area contributed by atoms with Gasteiger partial charge in [-0.05, 0) is 25.8 Å². The van der Waals surface area contributed by atoms with Crippen LogP contribution in [0.2, 0.25) is 0 Å². The lowest BCUT2D eigenvalue weighted by atomic mass is 10.1. The average molecular weight is 196 g/mol. The normalized spacial score (nSPS) is 19.1. The molecule has 0 aromatic heterocycles. The summed E-state index contributed by atoms with van der Waals surface area (Å²) >= 11 is 0. The van der Waals surface area contributed by atoms with Gasteiger partial charge in [0.15, 0.2) is 0 Å². The maximum Gasteiger partial charge on any atom is 0.253 e. The van der Waals surface area contributed by atoms with Crippen molar-refractivity contribution in [3.63, 3.8) is 0 Å². The third kappa shape index (κ3) is 3.30. The highest BCUT2D eigenvalue weighted by Gasteiger charge is 2.22. The molecule has 4 heteroatoms. The number of rotatable bonds is 5. The highest BCUT2D eigenvalue weighted by molar-refractivity contribution is 6.13. The molecule has 2 amide bonds. The van der Waals surface area contributed by atoms with Gasteiger partial charge >= 0.3 is 0 Å². The summed E-state index contributed by atoms with van der Waals surface area (Å²) in [6, 6.07) is 0. The maximum absolute atomic E-state index is 11.1. The van der Waals surface area contributed by atoms with Gasteiger partial charge in [0.2, 0.25) is 5.91 Å². The smallest absolute Gasteiger partial charge is 0.253 e. The molecule has 1 rings (SSSR count). The minimum Gasteiger partial charge on any atom is -0.330 e. The van der Waals surface area contributed by atoms with E-state index in [1.165, 1.54) is 0 Å². The molecule has 0 aromatic rings. The van der Waals surface area contributed by atoms with Crippen LogP contribution < -0.4 is 11.1 Å². The molecule has 0 atom stereocenters. The molecule has 0 aromatic carbocycles. The van der Waals surface area contributed by atoms with Crippen LogP contribution in [0.5, 0.6) is 0 Å². The predicted molar refractivity (Wildman–Crippen MR) is 53.4 cm³/mol. The van der Waals surface area contributed by atoms with Crippen LogP contribution in [-0.2, 0) is 9.59 Å². The van der Waals surface area contributed by atoms with Crippen LogP contribution in [0, 0.1) is 0 Å². The van der Waals surface area contributed by atoms with Crippen molar-refractivity contribution < 1.29 is 9.59 Å². The van der Waals surface area contributed by atoms with Gasteiger partial charge in [0, 0.05) is 5.57 Å². The van der Waals surface area contributed by atoms with Gasteiger partial charge in [-0.25, -0.2) is 0 Å². The van der Waals surface area contributed by atoms with E-state index in [1.807, 2.05) is 6.08 Å². The lowest BCUT2D eigenvalue weighted by Gasteiger charge is -1.95. The van der Waals surface area contributed by atoms with Crippen molar-refractivity contribution in [2.45, 2.75) is 32.1 Å². The second kappa shape index (κ2) is 5.54. The minimum atomic E-state index is -0.228. The van der Waals surface area contributed by atoms with Gasteiger partial charge in [0.05, 0.1) is 6.42 Å². The Bertz CT molecular complexity index is 259. The summed E-state index contributed by atoms with van der Waals surface area (Å²) in [7, 11) is 0. The first kappa shape index (κ1) is 10.9. The zero-order valence-electron chi connectivity index (χ0n) is 8.21. The summed E-state index contributed by atoms with van der Waals surface area (Å²) in [4.78, 5) is 21.9. The maximum atomic E-state index is 11.1. The topological polar surface area (TPSA) is 72.2 Å². The first-order chi connectivity index (χ1) is 6.74. The van der Waals surface area contributed by atoms with Crippen LogP contribution in [-0.4, -0.2) is 18.4 Å². The molecule has 0 spiro atoms. The Hall–Kier alpha value is -1.16. The Kier molecular flexibility index (Phi) is 4.32. The molecule has 0 saturated carbocycles. The third-order valence-electron chi connectivity index (χ3n) is 2.19. The number of hydrogen-bond acceptors (Lipinski definition) is 3. The Morgan fingerprint density at radius 1 is 1.29 bits per heavy atom. The molecule has 1 fully saturated rings. The zero-order valence-corrected chi connectivity index (χ0v) is 8.21. The molecule has 0 aliphatic carbocycles. The number of allylic oxidation sites excluding steroid dienone is 1. The summed E-state index contributed by atoms with van der Waals surface area (Å²) in [6.45, 7) is 0.718. The highest BCUT2D eigenvalue weighted by atomic mass is 16.2. The second-order valence-corrected chi connectivity index (χ2v) is 3.42. The molecule has 1 aliphatic rings. The third-order valence-corrected chi connectivity index (χ3v) is 2.19.